The zero-order chi connectivity index (χ0) is 22.3. The highest BCUT2D eigenvalue weighted by Crippen LogP contribution is 2.45. The van der Waals surface area contributed by atoms with Crippen LogP contribution in [0.2, 0.25) is 0 Å². The van der Waals surface area contributed by atoms with Crippen molar-refractivity contribution in [1.29, 1.82) is 5.26 Å². The molecular weight excluding hydrogens is 512 g/mol. The lowest BCUT2D eigenvalue weighted by Gasteiger charge is -2.39. The maximum Gasteiger partial charge on any atom is 0.0851 e. The first kappa shape index (κ1) is 24.5. The average molecular weight is 546 g/mol. The molecule has 1 saturated carbocycles. The van der Waals surface area contributed by atoms with Gasteiger partial charge in [-0.3, -0.25) is 4.90 Å². The minimum atomic E-state index is -0.404. The quantitative estimate of drug-likeness (QED) is 0.317. The minimum absolute atomic E-state index is 0.404. The van der Waals surface area contributed by atoms with E-state index in [-0.39, 0.29) is 0 Å². The first-order valence-corrected chi connectivity index (χ1v) is 13.2. The molecule has 1 aliphatic rings. The average Bonchev–Trinajstić information content (AvgIpc) is 2.79. The SMILES string of the molecule is CC(C)N(CCCC(C#N)(c1ccc(Br)c(Br)c1)C1CCCCC1)Cc1ccccc1. The fourth-order valence-corrected chi connectivity index (χ4v) is 5.69. The molecule has 1 fully saturated rings. The molecule has 4 heteroatoms. The summed E-state index contributed by atoms with van der Waals surface area (Å²) in [5.41, 5.74) is 2.13. The summed E-state index contributed by atoms with van der Waals surface area (Å²) in [5, 5.41) is 10.6. The second-order valence-electron chi connectivity index (χ2n) is 9.20. The molecule has 0 heterocycles. The van der Waals surface area contributed by atoms with Gasteiger partial charge in [-0.2, -0.15) is 5.26 Å². The molecule has 0 N–H and O–H groups in total. The second kappa shape index (κ2) is 11.6. The molecule has 0 bridgehead atoms. The molecule has 0 amide bonds. The van der Waals surface area contributed by atoms with Gasteiger partial charge >= 0.3 is 0 Å². The van der Waals surface area contributed by atoms with Crippen LogP contribution in [0.4, 0.5) is 0 Å². The summed E-state index contributed by atoms with van der Waals surface area (Å²) in [6, 6.07) is 20.5. The topological polar surface area (TPSA) is 27.0 Å². The van der Waals surface area contributed by atoms with E-state index in [1.807, 2.05) is 0 Å². The van der Waals surface area contributed by atoms with Gasteiger partial charge in [-0.1, -0.05) is 55.7 Å². The van der Waals surface area contributed by atoms with E-state index in [0.717, 1.165) is 34.9 Å². The number of rotatable bonds is 9. The first-order chi connectivity index (χ1) is 15.0. The summed E-state index contributed by atoms with van der Waals surface area (Å²) < 4.78 is 2.08. The Morgan fingerprint density at radius 3 is 2.35 bits per heavy atom. The van der Waals surface area contributed by atoms with Gasteiger partial charge < -0.3 is 0 Å². The Kier molecular flexibility index (Phi) is 9.19. The molecule has 0 radical (unpaired) electrons. The number of benzene rings is 2. The predicted octanol–water partition coefficient (Wildman–Crippen LogP) is 8.24. The van der Waals surface area contributed by atoms with E-state index in [9.17, 15) is 5.26 Å². The Hall–Kier alpha value is -1.15. The van der Waals surface area contributed by atoms with Crippen molar-refractivity contribution in [2.24, 2.45) is 5.92 Å². The Morgan fingerprint density at radius 2 is 1.74 bits per heavy atom. The van der Waals surface area contributed by atoms with Crippen LogP contribution in [0.1, 0.15) is 69.9 Å². The van der Waals surface area contributed by atoms with Crippen molar-refractivity contribution in [3.05, 3.63) is 68.6 Å². The zero-order valence-corrected chi connectivity index (χ0v) is 22.0. The lowest BCUT2D eigenvalue weighted by atomic mass is 9.63. The first-order valence-electron chi connectivity index (χ1n) is 11.6. The second-order valence-corrected chi connectivity index (χ2v) is 10.9. The molecule has 0 aromatic heterocycles. The molecule has 1 unspecified atom stereocenters. The van der Waals surface area contributed by atoms with Gasteiger partial charge in [0.25, 0.3) is 0 Å². The van der Waals surface area contributed by atoms with E-state index in [1.54, 1.807) is 0 Å². The Labute approximate surface area is 205 Å². The van der Waals surface area contributed by atoms with Crippen molar-refractivity contribution in [3.63, 3.8) is 0 Å². The monoisotopic (exact) mass is 544 g/mol. The van der Waals surface area contributed by atoms with Gasteiger partial charge in [0.05, 0.1) is 11.5 Å². The van der Waals surface area contributed by atoms with E-state index in [2.05, 4.69) is 105 Å². The number of hydrogen-bond donors (Lipinski definition) is 0. The highest BCUT2D eigenvalue weighted by molar-refractivity contribution is 9.13. The Balaban J connectivity index is 1.79. The van der Waals surface area contributed by atoms with E-state index in [0.29, 0.717) is 12.0 Å². The third kappa shape index (κ3) is 6.21. The number of nitrogens with zero attached hydrogens (tertiary/aromatic N) is 2. The van der Waals surface area contributed by atoms with Crippen molar-refractivity contribution < 1.29 is 0 Å². The summed E-state index contributed by atoms with van der Waals surface area (Å²) >= 11 is 7.27. The van der Waals surface area contributed by atoms with E-state index in [4.69, 9.17) is 0 Å². The van der Waals surface area contributed by atoms with Crippen molar-refractivity contribution in [2.75, 3.05) is 6.54 Å². The smallest absolute Gasteiger partial charge is 0.0851 e. The van der Waals surface area contributed by atoms with Gasteiger partial charge in [0.15, 0.2) is 0 Å². The lowest BCUT2D eigenvalue weighted by molar-refractivity contribution is 0.186. The Bertz CT molecular complexity index is 869. The normalized spacial score (nSPS) is 16.9. The number of hydrogen-bond acceptors (Lipinski definition) is 2. The van der Waals surface area contributed by atoms with Crippen LogP contribution in [0.25, 0.3) is 0 Å². The van der Waals surface area contributed by atoms with Crippen molar-refractivity contribution in [2.45, 2.75) is 76.8 Å². The van der Waals surface area contributed by atoms with Gasteiger partial charge in [-0.25, -0.2) is 0 Å². The van der Waals surface area contributed by atoms with Gasteiger partial charge in [-0.15, -0.1) is 0 Å². The maximum atomic E-state index is 10.6. The Morgan fingerprint density at radius 1 is 1.03 bits per heavy atom. The molecule has 0 aliphatic heterocycles. The molecule has 0 spiro atoms. The summed E-state index contributed by atoms with van der Waals surface area (Å²) in [7, 11) is 0. The minimum Gasteiger partial charge on any atom is -0.297 e. The largest absolute Gasteiger partial charge is 0.297 e. The predicted molar refractivity (Wildman–Crippen MR) is 137 cm³/mol. The highest BCUT2D eigenvalue weighted by atomic mass is 79.9. The molecule has 1 aliphatic carbocycles. The summed E-state index contributed by atoms with van der Waals surface area (Å²) in [5.74, 6) is 0.445. The fraction of sp³-hybridized carbons (Fsp3) is 0.519. The summed E-state index contributed by atoms with van der Waals surface area (Å²) in [6.45, 7) is 6.52. The van der Waals surface area contributed by atoms with Crippen molar-refractivity contribution >= 4 is 31.9 Å². The van der Waals surface area contributed by atoms with Crippen LogP contribution in [0.15, 0.2) is 57.5 Å². The van der Waals surface area contributed by atoms with Gasteiger partial charge in [0, 0.05) is 21.5 Å². The van der Waals surface area contributed by atoms with Crippen LogP contribution in [0.5, 0.6) is 0 Å². The molecule has 166 valence electrons. The molecule has 1 atom stereocenters. The number of halogens is 2. The molecule has 31 heavy (non-hydrogen) atoms. The van der Waals surface area contributed by atoms with Gasteiger partial charge in [-0.05, 0) is 107 Å². The third-order valence-corrected chi connectivity index (χ3v) is 8.79. The van der Waals surface area contributed by atoms with Crippen LogP contribution in [-0.4, -0.2) is 17.5 Å². The third-order valence-electron chi connectivity index (χ3n) is 6.91. The maximum absolute atomic E-state index is 10.6. The molecule has 3 rings (SSSR count). The van der Waals surface area contributed by atoms with Crippen LogP contribution in [0, 0.1) is 17.2 Å². The molecule has 2 nitrogen and oxygen atoms in total. The highest BCUT2D eigenvalue weighted by Gasteiger charge is 2.41. The van der Waals surface area contributed by atoms with Crippen molar-refractivity contribution in [1.82, 2.24) is 4.90 Å². The van der Waals surface area contributed by atoms with E-state index >= 15 is 0 Å². The summed E-state index contributed by atoms with van der Waals surface area (Å²) in [4.78, 5) is 2.54. The van der Waals surface area contributed by atoms with E-state index < -0.39 is 5.41 Å². The molecule has 2 aromatic rings. The fourth-order valence-electron chi connectivity index (χ4n) is 5.06. The number of nitriles is 1. The van der Waals surface area contributed by atoms with E-state index in [1.165, 1.54) is 43.2 Å². The lowest BCUT2D eigenvalue weighted by Crippen LogP contribution is -2.37. The van der Waals surface area contributed by atoms with Crippen molar-refractivity contribution in [3.8, 4) is 6.07 Å². The summed E-state index contributed by atoms with van der Waals surface area (Å²) in [6.07, 6.45) is 8.08. The molecular formula is C27H34Br2N2. The molecule has 0 saturated heterocycles. The van der Waals surface area contributed by atoms with Crippen LogP contribution in [-0.2, 0) is 12.0 Å². The molecule has 2 aromatic carbocycles. The van der Waals surface area contributed by atoms with Crippen LogP contribution < -0.4 is 0 Å². The van der Waals surface area contributed by atoms with Crippen LogP contribution in [0.3, 0.4) is 0 Å². The standard InChI is InChI=1S/C27H34Br2N2/c1-21(2)31(19-22-10-5-3-6-11-22)17-9-16-27(20-30,23-12-7-4-8-13-23)24-14-15-25(28)26(29)18-24/h3,5-6,10-11,14-15,18,21,23H,4,7-9,12-13,16-17,19H2,1-2H3. The van der Waals surface area contributed by atoms with Crippen LogP contribution >= 0.6 is 31.9 Å². The van der Waals surface area contributed by atoms with Gasteiger partial charge in [0.1, 0.15) is 0 Å². The zero-order valence-electron chi connectivity index (χ0n) is 18.8. The van der Waals surface area contributed by atoms with Gasteiger partial charge in [0.2, 0.25) is 0 Å².